The third-order valence-electron chi connectivity index (χ3n) is 3.68. The molecular weight excluding hydrogens is 348 g/mol. The number of hydrogen-bond donors (Lipinski definition) is 0. The topological polar surface area (TPSA) is 52.6 Å². The molecule has 0 aromatic heterocycles. The minimum atomic E-state index is -1.21. The average molecular weight is 371 g/mol. The summed E-state index contributed by atoms with van der Waals surface area (Å²) in [5.41, 5.74) is -0.341. The largest absolute Gasteiger partial charge is 0.465 e. The van der Waals surface area contributed by atoms with Gasteiger partial charge in [-0.15, -0.1) is 0 Å². The lowest BCUT2D eigenvalue weighted by Gasteiger charge is -2.26. The second-order valence-electron chi connectivity index (χ2n) is 5.13. The van der Waals surface area contributed by atoms with E-state index in [9.17, 15) is 9.59 Å². The van der Waals surface area contributed by atoms with E-state index in [0.717, 1.165) is 16.5 Å². The third-order valence-corrected chi connectivity index (χ3v) is 4.18. The zero-order valence-corrected chi connectivity index (χ0v) is 14.9. The van der Waals surface area contributed by atoms with Gasteiger partial charge in [0.05, 0.1) is 6.61 Å². The minimum absolute atomic E-state index is 0.140. The van der Waals surface area contributed by atoms with E-state index in [-0.39, 0.29) is 6.61 Å². The van der Waals surface area contributed by atoms with E-state index in [2.05, 4.69) is 15.9 Å². The monoisotopic (exact) mass is 370 g/mol. The van der Waals surface area contributed by atoms with Crippen LogP contribution in [0.5, 0.6) is 0 Å². The van der Waals surface area contributed by atoms with Crippen molar-refractivity contribution < 1.29 is 19.1 Å². The summed E-state index contributed by atoms with van der Waals surface area (Å²) >= 11 is 3.37. The molecule has 0 atom stereocenters. The number of rotatable bonds is 8. The predicted octanol–water partition coefficient (Wildman–Crippen LogP) is 4.25. The summed E-state index contributed by atoms with van der Waals surface area (Å²) in [5.74, 6) is -1.00. The highest BCUT2D eigenvalue weighted by Crippen LogP contribution is 2.30. The van der Waals surface area contributed by atoms with Crippen molar-refractivity contribution in [1.82, 2.24) is 0 Å². The molecule has 0 heterocycles. The van der Waals surface area contributed by atoms with Gasteiger partial charge in [0.1, 0.15) is 6.61 Å². The van der Waals surface area contributed by atoms with Gasteiger partial charge in [0, 0.05) is 4.47 Å². The van der Waals surface area contributed by atoms with Gasteiger partial charge in [-0.1, -0.05) is 48.8 Å². The Morgan fingerprint density at radius 1 is 1.09 bits per heavy atom. The van der Waals surface area contributed by atoms with Crippen molar-refractivity contribution in [3.63, 3.8) is 0 Å². The Morgan fingerprint density at radius 2 is 1.73 bits per heavy atom. The van der Waals surface area contributed by atoms with E-state index in [1.54, 1.807) is 13.8 Å². The summed E-state index contributed by atoms with van der Waals surface area (Å²) in [6.45, 7) is 5.98. The van der Waals surface area contributed by atoms with E-state index >= 15 is 0 Å². The third kappa shape index (κ3) is 4.57. The first-order chi connectivity index (χ1) is 10.5. The number of benzene rings is 1. The molecule has 0 saturated heterocycles. The SMILES string of the molecule is CCCOC(=O)C(CC)(CC)C(=O)OCc1cccc(Br)c1. The average Bonchev–Trinajstić information content (AvgIpc) is 2.52. The van der Waals surface area contributed by atoms with Gasteiger partial charge in [-0.05, 0) is 37.0 Å². The number of carbonyl (C=O) groups is 2. The van der Waals surface area contributed by atoms with Gasteiger partial charge < -0.3 is 9.47 Å². The molecule has 0 fully saturated rings. The second-order valence-corrected chi connectivity index (χ2v) is 6.05. The van der Waals surface area contributed by atoms with E-state index < -0.39 is 17.4 Å². The van der Waals surface area contributed by atoms with Crippen LogP contribution in [0.25, 0.3) is 0 Å². The maximum atomic E-state index is 12.5. The van der Waals surface area contributed by atoms with Crippen LogP contribution in [0.2, 0.25) is 0 Å². The first-order valence-electron chi connectivity index (χ1n) is 7.59. The fraction of sp³-hybridized carbons (Fsp3) is 0.529. The number of esters is 2. The molecule has 0 aliphatic rings. The standard InChI is InChI=1S/C17H23BrO4/c1-4-10-21-15(19)17(5-2,6-3)16(20)22-12-13-8-7-9-14(18)11-13/h7-9,11H,4-6,10,12H2,1-3H3. The molecule has 1 aromatic rings. The lowest BCUT2D eigenvalue weighted by molar-refractivity contribution is -0.174. The molecule has 0 bridgehead atoms. The van der Waals surface area contributed by atoms with Crippen molar-refractivity contribution in [3.8, 4) is 0 Å². The molecule has 1 aromatic carbocycles. The molecule has 122 valence electrons. The fourth-order valence-electron chi connectivity index (χ4n) is 2.16. The van der Waals surface area contributed by atoms with Gasteiger partial charge in [0.15, 0.2) is 5.41 Å². The highest BCUT2D eigenvalue weighted by Gasteiger charge is 2.45. The molecule has 0 saturated carbocycles. The highest BCUT2D eigenvalue weighted by atomic mass is 79.9. The molecule has 4 nitrogen and oxygen atoms in total. The molecule has 1 rings (SSSR count). The Hall–Kier alpha value is -1.36. The van der Waals surface area contributed by atoms with Gasteiger partial charge >= 0.3 is 11.9 Å². The van der Waals surface area contributed by atoms with Crippen LogP contribution in [-0.2, 0) is 25.7 Å². The van der Waals surface area contributed by atoms with Crippen LogP contribution in [0, 0.1) is 5.41 Å². The molecule has 5 heteroatoms. The molecule has 0 radical (unpaired) electrons. The van der Waals surface area contributed by atoms with Crippen molar-refractivity contribution >= 4 is 27.9 Å². The number of hydrogen-bond acceptors (Lipinski definition) is 4. The van der Waals surface area contributed by atoms with E-state index in [4.69, 9.17) is 9.47 Å². The van der Waals surface area contributed by atoms with Gasteiger partial charge in [0.25, 0.3) is 0 Å². The van der Waals surface area contributed by atoms with Gasteiger partial charge in [0.2, 0.25) is 0 Å². The van der Waals surface area contributed by atoms with Crippen LogP contribution in [0.3, 0.4) is 0 Å². The maximum absolute atomic E-state index is 12.5. The van der Waals surface area contributed by atoms with Crippen molar-refractivity contribution in [2.45, 2.75) is 46.6 Å². The Morgan fingerprint density at radius 3 is 2.27 bits per heavy atom. The molecule has 0 unspecified atom stereocenters. The quantitative estimate of drug-likeness (QED) is 0.506. The lowest BCUT2D eigenvalue weighted by Crippen LogP contribution is -2.41. The van der Waals surface area contributed by atoms with Gasteiger partial charge in [-0.25, -0.2) is 0 Å². The maximum Gasteiger partial charge on any atom is 0.323 e. The second kappa shape index (κ2) is 8.93. The van der Waals surface area contributed by atoms with Crippen molar-refractivity contribution in [3.05, 3.63) is 34.3 Å². The van der Waals surface area contributed by atoms with E-state index in [1.165, 1.54) is 0 Å². The zero-order valence-electron chi connectivity index (χ0n) is 13.4. The summed E-state index contributed by atoms with van der Waals surface area (Å²) in [6.07, 6.45) is 1.45. The van der Waals surface area contributed by atoms with Gasteiger partial charge in [-0.2, -0.15) is 0 Å². The summed E-state index contributed by atoms with van der Waals surface area (Å²) in [7, 11) is 0. The smallest absolute Gasteiger partial charge is 0.323 e. The number of carbonyl (C=O) groups excluding carboxylic acids is 2. The summed E-state index contributed by atoms with van der Waals surface area (Å²) in [4.78, 5) is 24.7. The van der Waals surface area contributed by atoms with Crippen molar-refractivity contribution in [2.75, 3.05) is 6.61 Å². The Balaban J connectivity index is 2.78. The first kappa shape index (κ1) is 18.7. The molecule has 0 N–H and O–H groups in total. The summed E-state index contributed by atoms with van der Waals surface area (Å²) < 4.78 is 11.5. The van der Waals surface area contributed by atoms with Crippen LogP contribution >= 0.6 is 15.9 Å². The zero-order chi connectivity index (χ0) is 16.6. The van der Waals surface area contributed by atoms with Crippen LogP contribution in [-0.4, -0.2) is 18.5 Å². The van der Waals surface area contributed by atoms with Crippen LogP contribution in [0.4, 0.5) is 0 Å². The molecule has 0 aliphatic heterocycles. The normalized spacial score (nSPS) is 11.1. The molecule has 0 spiro atoms. The number of halogens is 1. The van der Waals surface area contributed by atoms with E-state index in [1.807, 2.05) is 31.2 Å². The van der Waals surface area contributed by atoms with Gasteiger partial charge in [-0.3, -0.25) is 9.59 Å². The van der Waals surface area contributed by atoms with Crippen LogP contribution in [0.15, 0.2) is 28.7 Å². The highest BCUT2D eigenvalue weighted by molar-refractivity contribution is 9.10. The first-order valence-corrected chi connectivity index (χ1v) is 8.38. The lowest BCUT2D eigenvalue weighted by atomic mass is 9.82. The fourth-order valence-corrected chi connectivity index (χ4v) is 2.60. The predicted molar refractivity (Wildman–Crippen MR) is 88.2 cm³/mol. The Kier molecular flexibility index (Phi) is 7.59. The number of ether oxygens (including phenoxy) is 2. The van der Waals surface area contributed by atoms with Crippen molar-refractivity contribution in [1.29, 1.82) is 0 Å². The van der Waals surface area contributed by atoms with Crippen molar-refractivity contribution in [2.24, 2.45) is 5.41 Å². The molecular formula is C17H23BrO4. The van der Waals surface area contributed by atoms with E-state index in [0.29, 0.717) is 19.4 Å². The summed E-state index contributed by atoms with van der Waals surface area (Å²) in [6, 6.07) is 7.51. The van der Waals surface area contributed by atoms with Crippen LogP contribution < -0.4 is 0 Å². The molecule has 22 heavy (non-hydrogen) atoms. The Labute approximate surface area is 140 Å². The van der Waals surface area contributed by atoms with Crippen LogP contribution in [0.1, 0.15) is 45.6 Å². The molecule has 0 amide bonds. The Bertz CT molecular complexity index is 509. The minimum Gasteiger partial charge on any atom is -0.465 e. The molecule has 0 aliphatic carbocycles. The summed E-state index contributed by atoms with van der Waals surface area (Å²) in [5, 5.41) is 0.